The van der Waals surface area contributed by atoms with Gasteiger partial charge in [0.15, 0.2) is 0 Å². The van der Waals surface area contributed by atoms with Gasteiger partial charge >= 0.3 is 6.03 Å². The lowest BCUT2D eigenvalue weighted by Crippen LogP contribution is -2.41. The van der Waals surface area contributed by atoms with Crippen LogP contribution >= 0.6 is 11.6 Å². The van der Waals surface area contributed by atoms with E-state index in [1.165, 1.54) is 0 Å². The van der Waals surface area contributed by atoms with Crippen molar-refractivity contribution >= 4 is 17.6 Å². The zero-order chi connectivity index (χ0) is 22.8. The predicted molar refractivity (Wildman–Crippen MR) is 130 cm³/mol. The smallest absolute Gasteiger partial charge is 0.318 e. The topological polar surface area (TPSA) is 46.5 Å². The van der Waals surface area contributed by atoms with Crippen molar-refractivity contribution in [1.82, 2.24) is 14.8 Å². The van der Waals surface area contributed by atoms with Gasteiger partial charge in [-0.05, 0) is 59.2 Å². The van der Waals surface area contributed by atoms with Gasteiger partial charge in [-0.1, -0.05) is 54.1 Å². The molecule has 0 saturated heterocycles. The number of hydrogen-bond acceptors (Lipinski definition) is 2. The average molecular weight is 458 g/mol. The molecule has 3 aromatic carbocycles. The highest BCUT2D eigenvalue weighted by atomic mass is 35.5. The van der Waals surface area contributed by atoms with E-state index in [1.807, 2.05) is 71.6 Å². The van der Waals surface area contributed by atoms with E-state index in [1.54, 1.807) is 7.11 Å². The van der Waals surface area contributed by atoms with Crippen molar-refractivity contribution in [1.29, 1.82) is 0 Å². The summed E-state index contributed by atoms with van der Waals surface area (Å²) in [5.41, 5.74) is 5.18. The molecule has 0 spiro atoms. The summed E-state index contributed by atoms with van der Waals surface area (Å²) in [4.78, 5) is 15.5. The average Bonchev–Trinajstić information content (AvgIpc) is 3.28. The number of urea groups is 1. The standard InChI is InChI=1S/C27H24ClN3O2/c1-33-23-8-4-6-19(16-23)17-29-27(32)31-18-21-7-2-3-9-24(21)30-15-5-10-25(30)26(31)20-11-13-22(28)14-12-20/h2-16,26H,17-18H2,1H3,(H,29,32)/t26-/m0/s1. The fourth-order valence-corrected chi connectivity index (χ4v) is 4.52. The molecule has 1 aromatic heterocycles. The normalized spacial score (nSPS) is 14.7. The molecule has 0 radical (unpaired) electrons. The van der Waals surface area contributed by atoms with Crippen molar-refractivity contribution in [2.24, 2.45) is 0 Å². The summed E-state index contributed by atoms with van der Waals surface area (Å²) in [5.74, 6) is 0.766. The molecular formula is C27H24ClN3O2. The lowest BCUT2D eigenvalue weighted by Gasteiger charge is -2.31. The molecule has 1 atom stereocenters. The van der Waals surface area contributed by atoms with E-state index in [-0.39, 0.29) is 12.1 Å². The second-order valence-corrected chi connectivity index (χ2v) is 8.46. The molecule has 6 heteroatoms. The first kappa shape index (κ1) is 21.2. The Morgan fingerprint density at radius 1 is 1.03 bits per heavy atom. The van der Waals surface area contributed by atoms with Crippen LogP contribution in [0.25, 0.3) is 5.69 Å². The first-order valence-corrected chi connectivity index (χ1v) is 11.2. The monoisotopic (exact) mass is 457 g/mol. The van der Waals surface area contributed by atoms with E-state index in [0.717, 1.165) is 33.8 Å². The highest BCUT2D eigenvalue weighted by Crippen LogP contribution is 2.36. The molecule has 4 aromatic rings. The van der Waals surface area contributed by atoms with Crippen LogP contribution in [0.5, 0.6) is 5.75 Å². The Morgan fingerprint density at radius 3 is 2.67 bits per heavy atom. The summed E-state index contributed by atoms with van der Waals surface area (Å²) < 4.78 is 7.48. The van der Waals surface area contributed by atoms with Gasteiger partial charge in [-0.25, -0.2) is 4.79 Å². The zero-order valence-corrected chi connectivity index (χ0v) is 19.0. The van der Waals surface area contributed by atoms with E-state index in [4.69, 9.17) is 16.3 Å². The molecule has 1 aliphatic heterocycles. The number of amides is 2. The van der Waals surface area contributed by atoms with Gasteiger partial charge in [-0.15, -0.1) is 0 Å². The molecule has 0 saturated carbocycles. The third kappa shape index (κ3) is 4.20. The minimum absolute atomic E-state index is 0.137. The van der Waals surface area contributed by atoms with Gasteiger partial charge in [0, 0.05) is 23.5 Å². The van der Waals surface area contributed by atoms with Gasteiger partial charge in [0.05, 0.1) is 25.4 Å². The second kappa shape index (κ2) is 9.04. The zero-order valence-electron chi connectivity index (χ0n) is 18.2. The maximum absolute atomic E-state index is 13.6. The number of halogens is 1. The molecule has 0 unspecified atom stereocenters. The fraction of sp³-hybridized carbons (Fsp3) is 0.148. The second-order valence-electron chi connectivity index (χ2n) is 8.02. The first-order valence-electron chi connectivity index (χ1n) is 10.8. The molecule has 166 valence electrons. The van der Waals surface area contributed by atoms with Crippen molar-refractivity contribution in [3.63, 3.8) is 0 Å². The summed E-state index contributed by atoms with van der Waals surface area (Å²) >= 11 is 6.17. The Hall–Kier alpha value is -3.70. The third-order valence-corrected chi connectivity index (χ3v) is 6.24. The molecule has 5 rings (SSSR count). The molecule has 2 heterocycles. The van der Waals surface area contributed by atoms with E-state index >= 15 is 0 Å². The highest BCUT2D eigenvalue weighted by molar-refractivity contribution is 6.30. The molecule has 0 aliphatic carbocycles. The highest BCUT2D eigenvalue weighted by Gasteiger charge is 2.32. The molecule has 1 aliphatic rings. The Balaban J connectivity index is 1.53. The van der Waals surface area contributed by atoms with E-state index < -0.39 is 0 Å². The quantitative estimate of drug-likeness (QED) is 0.411. The van der Waals surface area contributed by atoms with E-state index in [0.29, 0.717) is 18.1 Å². The van der Waals surface area contributed by atoms with Crippen LogP contribution in [-0.2, 0) is 13.1 Å². The number of ether oxygens (including phenoxy) is 1. The number of fused-ring (bicyclic) bond motifs is 3. The summed E-state index contributed by atoms with van der Waals surface area (Å²) in [6.45, 7) is 0.887. The first-order chi connectivity index (χ1) is 16.1. The summed E-state index contributed by atoms with van der Waals surface area (Å²) in [6.07, 6.45) is 2.05. The van der Waals surface area contributed by atoms with Crippen molar-refractivity contribution in [2.45, 2.75) is 19.1 Å². The Kier molecular flexibility index (Phi) is 5.80. The maximum Gasteiger partial charge on any atom is 0.318 e. The molecule has 0 fully saturated rings. The van der Waals surface area contributed by atoms with Crippen LogP contribution < -0.4 is 10.1 Å². The molecule has 5 nitrogen and oxygen atoms in total. The number of carbonyl (C=O) groups is 1. The summed E-state index contributed by atoms with van der Waals surface area (Å²) in [5, 5.41) is 3.78. The van der Waals surface area contributed by atoms with Gasteiger partial charge in [0.1, 0.15) is 5.75 Å². The number of hydrogen-bond donors (Lipinski definition) is 1. The maximum atomic E-state index is 13.6. The van der Waals surface area contributed by atoms with Crippen LogP contribution in [-0.4, -0.2) is 22.6 Å². The number of aromatic nitrogens is 1. The van der Waals surface area contributed by atoms with Gasteiger partial charge in [-0.2, -0.15) is 0 Å². The van der Waals surface area contributed by atoms with Gasteiger partial charge in [0.2, 0.25) is 0 Å². The predicted octanol–water partition coefficient (Wildman–Crippen LogP) is 5.95. The Bertz CT molecular complexity index is 1280. The number of benzene rings is 3. The van der Waals surface area contributed by atoms with Gasteiger partial charge < -0.3 is 19.5 Å². The number of nitrogens with one attached hydrogen (secondary N) is 1. The number of carbonyl (C=O) groups excluding carboxylic acids is 1. The SMILES string of the molecule is COc1cccc(CNC(=O)N2Cc3ccccc3-n3cccc3[C@@H]2c2ccc(Cl)cc2)c1. The van der Waals surface area contributed by atoms with Crippen LogP contribution in [0.15, 0.2) is 91.1 Å². The largest absolute Gasteiger partial charge is 0.497 e. The number of rotatable bonds is 4. The van der Waals surface area contributed by atoms with E-state index in [9.17, 15) is 4.79 Å². The lowest BCUT2D eigenvalue weighted by molar-refractivity contribution is 0.180. The molecule has 33 heavy (non-hydrogen) atoms. The fourth-order valence-electron chi connectivity index (χ4n) is 4.40. The third-order valence-electron chi connectivity index (χ3n) is 5.99. The van der Waals surface area contributed by atoms with Crippen LogP contribution in [0, 0.1) is 0 Å². The molecule has 1 N–H and O–H groups in total. The minimum Gasteiger partial charge on any atom is -0.497 e. The van der Waals surface area contributed by atoms with Crippen LogP contribution in [0.2, 0.25) is 5.02 Å². The summed E-state index contributed by atoms with van der Waals surface area (Å²) in [7, 11) is 1.64. The summed E-state index contributed by atoms with van der Waals surface area (Å²) in [6, 6.07) is 27.3. The van der Waals surface area contributed by atoms with Crippen molar-refractivity contribution in [3.8, 4) is 11.4 Å². The van der Waals surface area contributed by atoms with E-state index in [2.05, 4.69) is 34.3 Å². The van der Waals surface area contributed by atoms with Crippen molar-refractivity contribution in [3.05, 3.63) is 119 Å². The van der Waals surface area contributed by atoms with Gasteiger partial charge in [0.25, 0.3) is 0 Å². The molecular weight excluding hydrogens is 434 g/mol. The number of nitrogens with zero attached hydrogens (tertiary/aromatic N) is 2. The number of methoxy groups -OCH3 is 1. The minimum atomic E-state index is -0.269. The lowest BCUT2D eigenvalue weighted by atomic mass is 10.0. The van der Waals surface area contributed by atoms with Crippen molar-refractivity contribution in [2.75, 3.05) is 7.11 Å². The van der Waals surface area contributed by atoms with Crippen LogP contribution in [0.1, 0.15) is 28.4 Å². The molecule has 0 bridgehead atoms. The van der Waals surface area contributed by atoms with Gasteiger partial charge in [-0.3, -0.25) is 0 Å². The molecule has 2 amide bonds. The van der Waals surface area contributed by atoms with Crippen molar-refractivity contribution < 1.29 is 9.53 Å². The van der Waals surface area contributed by atoms with Crippen LogP contribution in [0.4, 0.5) is 4.79 Å². The Morgan fingerprint density at radius 2 is 1.85 bits per heavy atom. The van der Waals surface area contributed by atoms with Crippen LogP contribution in [0.3, 0.4) is 0 Å². The Labute approximate surface area is 198 Å². The number of para-hydroxylation sites is 1.